The van der Waals surface area contributed by atoms with Crippen molar-refractivity contribution in [2.75, 3.05) is 5.32 Å². The monoisotopic (exact) mass is 336 g/mol. The predicted molar refractivity (Wildman–Crippen MR) is 108 cm³/mol. The molecular weight excluding hydrogens is 316 g/mol. The minimum atomic E-state index is 0.926. The first-order valence-corrected chi connectivity index (χ1v) is 9.09. The summed E-state index contributed by atoms with van der Waals surface area (Å²) >= 11 is 0. The fourth-order valence-corrected chi connectivity index (χ4v) is 3.84. The van der Waals surface area contributed by atoms with Crippen LogP contribution in [-0.2, 0) is 12.8 Å². The van der Waals surface area contributed by atoms with Crippen LogP contribution in [0.1, 0.15) is 27.8 Å². The van der Waals surface area contributed by atoms with Gasteiger partial charge in [0.2, 0.25) is 0 Å². The molecule has 0 radical (unpaired) electrons. The van der Waals surface area contributed by atoms with Crippen LogP contribution in [0.5, 0.6) is 0 Å². The van der Waals surface area contributed by atoms with Crippen molar-refractivity contribution < 1.29 is 0 Å². The second-order valence-corrected chi connectivity index (χ2v) is 7.06. The zero-order valence-electron chi connectivity index (χ0n) is 14.8. The van der Waals surface area contributed by atoms with Gasteiger partial charge in [0, 0.05) is 23.1 Å². The number of rotatable bonds is 2. The molecular formula is C24H20N2. The lowest BCUT2D eigenvalue weighted by Gasteiger charge is -2.24. The highest BCUT2D eigenvalue weighted by molar-refractivity contribution is 5.88. The first kappa shape index (κ1) is 15.2. The summed E-state index contributed by atoms with van der Waals surface area (Å²) in [7, 11) is 0. The summed E-state index contributed by atoms with van der Waals surface area (Å²) in [6.07, 6.45) is 1.85. The fraction of sp³-hybridized carbons (Fsp3) is 0.125. The molecule has 126 valence electrons. The van der Waals surface area contributed by atoms with Crippen molar-refractivity contribution in [3.05, 3.63) is 101 Å². The molecule has 0 spiro atoms. The number of nitrogens with one attached hydrogen (secondary N) is 1. The van der Waals surface area contributed by atoms with Crippen LogP contribution in [-0.4, -0.2) is 4.98 Å². The van der Waals surface area contributed by atoms with Crippen molar-refractivity contribution in [1.29, 1.82) is 0 Å². The van der Waals surface area contributed by atoms with Crippen LogP contribution in [0.25, 0.3) is 10.9 Å². The molecule has 0 saturated carbocycles. The van der Waals surface area contributed by atoms with E-state index in [1.54, 1.807) is 0 Å². The number of anilines is 2. The number of aromatic nitrogens is 1. The molecule has 0 aliphatic carbocycles. The molecule has 1 aromatic heterocycles. The smallest absolute Gasteiger partial charge is 0.134 e. The lowest BCUT2D eigenvalue weighted by Crippen LogP contribution is -2.12. The van der Waals surface area contributed by atoms with Crippen molar-refractivity contribution >= 4 is 22.4 Å². The van der Waals surface area contributed by atoms with Crippen molar-refractivity contribution in [2.45, 2.75) is 19.8 Å². The molecule has 0 unspecified atom stereocenters. The minimum Gasteiger partial charge on any atom is -0.340 e. The van der Waals surface area contributed by atoms with Crippen LogP contribution in [0.15, 0.2) is 72.8 Å². The number of aryl methyl sites for hydroxylation is 1. The summed E-state index contributed by atoms with van der Waals surface area (Å²) in [6.45, 7) is 2.13. The summed E-state index contributed by atoms with van der Waals surface area (Å²) in [5.74, 6) is 1.00. The van der Waals surface area contributed by atoms with Gasteiger partial charge in [-0.15, -0.1) is 0 Å². The lowest BCUT2D eigenvalue weighted by molar-refractivity contribution is 1.06. The molecule has 3 aromatic carbocycles. The van der Waals surface area contributed by atoms with E-state index in [1.165, 1.54) is 38.9 Å². The molecule has 0 amide bonds. The van der Waals surface area contributed by atoms with E-state index >= 15 is 0 Å². The molecule has 0 bridgehead atoms. The van der Waals surface area contributed by atoms with Crippen molar-refractivity contribution in [3.8, 4) is 0 Å². The van der Waals surface area contributed by atoms with E-state index in [4.69, 9.17) is 4.98 Å². The molecule has 4 aromatic rings. The lowest BCUT2D eigenvalue weighted by atomic mass is 9.90. The Morgan fingerprint density at radius 2 is 1.65 bits per heavy atom. The highest BCUT2D eigenvalue weighted by Crippen LogP contribution is 2.37. The molecule has 2 heteroatoms. The van der Waals surface area contributed by atoms with Crippen LogP contribution in [0.4, 0.5) is 11.5 Å². The van der Waals surface area contributed by atoms with Gasteiger partial charge in [0.25, 0.3) is 0 Å². The molecule has 1 aliphatic rings. The minimum absolute atomic E-state index is 0.926. The standard InChI is InChI=1S/C24H20N2/c1-16-10-12-17(13-11-16)14-20-19-7-3-5-9-23(19)26-24-21(20)15-18-6-2-4-8-22(18)25-24/h2-13H,14-15H2,1H3,(H,25,26). The van der Waals surface area contributed by atoms with Gasteiger partial charge in [-0.2, -0.15) is 0 Å². The van der Waals surface area contributed by atoms with E-state index in [2.05, 4.69) is 85.0 Å². The number of para-hydroxylation sites is 2. The molecule has 26 heavy (non-hydrogen) atoms. The van der Waals surface area contributed by atoms with E-state index in [1.807, 2.05) is 0 Å². The maximum absolute atomic E-state index is 4.92. The normalized spacial score (nSPS) is 12.3. The number of hydrogen-bond donors (Lipinski definition) is 1. The molecule has 0 atom stereocenters. The average Bonchev–Trinajstić information content (AvgIpc) is 2.68. The van der Waals surface area contributed by atoms with Crippen molar-refractivity contribution in [1.82, 2.24) is 4.98 Å². The van der Waals surface area contributed by atoms with Crippen LogP contribution < -0.4 is 5.32 Å². The molecule has 1 N–H and O–H groups in total. The second-order valence-electron chi connectivity index (χ2n) is 7.06. The van der Waals surface area contributed by atoms with Crippen LogP contribution in [0, 0.1) is 6.92 Å². The van der Waals surface area contributed by atoms with Crippen molar-refractivity contribution in [3.63, 3.8) is 0 Å². The largest absolute Gasteiger partial charge is 0.340 e. The number of hydrogen-bond acceptors (Lipinski definition) is 2. The Morgan fingerprint density at radius 1 is 0.885 bits per heavy atom. The number of pyridine rings is 1. The summed E-state index contributed by atoms with van der Waals surface area (Å²) in [6, 6.07) is 25.9. The second kappa shape index (κ2) is 5.99. The fourth-order valence-electron chi connectivity index (χ4n) is 3.84. The molecule has 1 aliphatic heterocycles. The molecule has 2 nitrogen and oxygen atoms in total. The maximum Gasteiger partial charge on any atom is 0.134 e. The van der Waals surface area contributed by atoms with Gasteiger partial charge in [-0.05, 0) is 42.2 Å². The van der Waals surface area contributed by atoms with Gasteiger partial charge in [0.05, 0.1) is 5.52 Å². The van der Waals surface area contributed by atoms with Gasteiger partial charge in [-0.1, -0.05) is 66.2 Å². The quantitative estimate of drug-likeness (QED) is 0.442. The Bertz CT molecular complexity index is 1110. The zero-order chi connectivity index (χ0) is 17.5. The third kappa shape index (κ3) is 2.55. The first-order chi connectivity index (χ1) is 12.8. The summed E-state index contributed by atoms with van der Waals surface area (Å²) in [5, 5.41) is 4.81. The Balaban J connectivity index is 1.69. The van der Waals surface area contributed by atoms with Gasteiger partial charge in [-0.25, -0.2) is 4.98 Å². The number of fused-ring (bicyclic) bond motifs is 3. The molecule has 5 rings (SSSR count). The van der Waals surface area contributed by atoms with E-state index in [9.17, 15) is 0 Å². The highest BCUT2D eigenvalue weighted by Gasteiger charge is 2.21. The van der Waals surface area contributed by atoms with Crippen LogP contribution in [0.2, 0.25) is 0 Å². The van der Waals surface area contributed by atoms with Gasteiger partial charge in [0.15, 0.2) is 0 Å². The number of benzene rings is 3. The predicted octanol–water partition coefficient (Wildman–Crippen LogP) is 5.78. The number of nitrogens with zero attached hydrogens (tertiary/aromatic N) is 1. The Labute approximate surface area is 153 Å². The Hall–Kier alpha value is -3.13. The van der Waals surface area contributed by atoms with E-state index < -0.39 is 0 Å². The first-order valence-electron chi connectivity index (χ1n) is 9.09. The van der Waals surface area contributed by atoms with E-state index in [-0.39, 0.29) is 0 Å². The molecule has 0 fully saturated rings. The third-order valence-electron chi connectivity index (χ3n) is 5.25. The summed E-state index contributed by atoms with van der Waals surface area (Å²) < 4.78 is 0. The average molecular weight is 336 g/mol. The Kier molecular flexibility index (Phi) is 3.49. The summed E-state index contributed by atoms with van der Waals surface area (Å²) in [4.78, 5) is 4.92. The van der Waals surface area contributed by atoms with Crippen molar-refractivity contribution in [2.24, 2.45) is 0 Å². The van der Waals surface area contributed by atoms with E-state index in [0.29, 0.717) is 0 Å². The molecule has 2 heterocycles. The van der Waals surface area contributed by atoms with Crippen LogP contribution >= 0.6 is 0 Å². The van der Waals surface area contributed by atoms with Gasteiger partial charge in [0.1, 0.15) is 5.82 Å². The van der Waals surface area contributed by atoms with Gasteiger partial charge in [-0.3, -0.25) is 0 Å². The highest BCUT2D eigenvalue weighted by atomic mass is 15.0. The maximum atomic E-state index is 4.92. The topological polar surface area (TPSA) is 24.9 Å². The van der Waals surface area contributed by atoms with Gasteiger partial charge < -0.3 is 5.32 Å². The van der Waals surface area contributed by atoms with E-state index in [0.717, 1.165) is 24.2 Å². The SMILES string of the molecule is Cc1ccc(Cc2c3c(nc4ccccc24)Nc2ccccc2C3)cc1. The third-order valence-corrected chi connectivity index (χ3v) is 5.25. The Morgan fingerprint density at radius 3 is 2.54 bits per heavy atom. The van der Waals surface area contributed by atoms with Gasteiger partial charge >= 0.3 is 0 Å². The van der Waals surface area contributed by atoms with Crippen LogP contribution in [0.3, 0.4) is 0 Å². The molecule has 0 saturated heterocycles. The zero-order valence-corrected chi connectivity index (χ0v) is 14.8. The summed E-state index contributed by atoms with van der Waals surface area (Å²) in [5.41, 5.74) is 8.91.